The number of aromatic hydroxyl groups is 1. The number of hydrogen-bond donors (Lipinski definition) is 4. The van der Waals surface area contributed by atoms with Crippen LogP contribution in [0.25, 0.3) is 11.7 Å². The highest BCUT2D eigenvalue weighted by Gasteiger charge is 2.20. The second-order valence-electron chi connectivity index (χ2n) is 8.43. The van der Waals surface area contributed by atoms with Gasteiger partial charge in [-0.3, -0.25) is 9.98 Å². The van der Waals surface area contributed by atoms with E-state index in [2.05, 4.69) is 51.3 Å². The van der Waals surface area contributed by atoms with Gasteiger partial charge in [0.1, 0.15) is 11.5 Å². The molecule has 176 valence electrons. The molecule has 1 aliphatic rings. The quantitative estimate of drug-likeness (QED) is 0.319. The molecule has 1 fully saturated rings. The highest BCUT2D eigenvalue weighted by atomic mass is 16.3. The molecule has 3 heterocycles. The Morgan fingerprint density at radius 2 is 2.06 bits per heavy atom. The summed E-state index contributed by atoms with van der Waals surface area (Å²) in [6.07, 6.45) is 6.51. The second kappa shape index (κ2) is 9.05. The number of anilines is 3. The topological polar surface area (TPSA) is 127 Å². The summed E-state index contributed by atoms with van der Waals surface area (Å²) in [5, 5.41) is 18.4. The Balaban J connectivity index is 1.54. The van der Waals surface area contributed by atoms with E-state index in [4.69, 9.17) is 9.98 Å². The maximum Gasteiger partial charge on any atom is 0.326 e. The number of imidazole rings is 1. The molecule has 0 saturated heterocycles. The van der Waals surface area contributed by atoms with Crippen molar-refractivity contribution in [1.82, 2.24) is 24.6 Å². The van der Waals surface area contributed by atoms with Gasteiger partial charge in [-0.25, -0.2) is 9.78 Å². The van der Waals surface area contributed by atoms with Crippen LogP contribution in [-0.2, 0) is 0 Å². The lowest BCUT2D eigenvalue weighted by Crippen LogP contribution is -2.23. The minimum atomic E-state index is -0.482. The van der Waals surface area contributed by atoms with Gasteiger partial charge in [-0.1, -0.05) is 6.92 Å². The van der Waals surface area contributed by atoms with Crippen LogP contribution in [0.1, 0.15) is 38.8 Å². The predicted molar refractivity (Wildman–Crippen MR) is 131 cm³/mol. The molecule has 0 unspecified atom stereocenters. The summed E-state index contributed by atoms with van der Waals surface area (Å²) in [5.74, 6) is 0.410. The molecule has 0 bridgehead atoms. The van der Waals surface area contributed by atoms with E-state index in [0.29, 0.717) is 28.2 Å². The van der Waals surface area contributed by atoms with Crippen molar-refractivity contribution in [3.63, 3.8) is 0 Å². The standard InChI is InChI=1S/C24H28N8O2/c1-3-11-31(4-2)18-9-7-16(8-10-18)26-20-13-21(27-17-5-6-17)32-22(29-20)15(14-25-32)12-19-23(33)30-24(34)28-19/h7-10,12-14,17,26,33H,3-6,11H2,1-2H3,(H2,28,30,34)/b15-12-,27-21?. The van der Waals surface area contributed by atoms with Gasteiger partial charge in [-0.15, -0.1) is 0 Å². The molecule has 10 heteroatoms. The highest BCUT2D eigenvalue weighted by Crippen LogP contribution is 2.23. The zero-order valence-corrected chi connectivity index (χ0v) is 19.2. The molecule has 5 rings (SSSR count). The molecule has 10 nitrogen and oxygen atoms in total. The molecule has 4 N–H and O–H groups in total. The fourth-order valence-electron chi connectivity index (χ4n) is 3.90. The van der Waals surface area contributed by atoms with Crippen molar-refractivity contribution in [2.45, 2.75) is 39.2 Å². The molecular formula is C24H28N8O2. The monoisotopic (exact) mass is 460 g/mol. The van der Waals surface area contributed by atoms with Crippen LogP contribution in [0.2, 0.25) is 0 Å². The summed E-state index contributed by atoms with van der Waals surface area (Å²) < 4.78 is 1.68. The fraction of sp³-hybridized carbons (Fsp3) is 0.333. The number of nitrogens with zero attached hydrogens (tertiary/aromatic N) is 5. The number of hydrogen-bond acceptors (Lipinski definition) is 7. The Morgan fingerprint density at radius 1 is 1.26 bits per heavy atom. The Bertz CT molecular complexity index is 1480. The molecule has 1 saturated carbocycles. The smallest absolute Gasteiger partial charge is 0.326 e. The van der Waals surface area contributed by atoms with E-state index >= 15 is 0 Å². The van der Waals surface area contributed by atoms with Crippen molar-refractivity contribution < 1.29 is 5.11 Å². The summed E-state index contributed by atoms with van der Waals surface area (Å²) in [5.41, 5.74) is 3.17. The van der Waals surface area contributed by atoms with E-state index < -0.39 is 5.69 Å². The van der Waals surface area contributed by atoms with E-state index in [1.165, 1.54) is 5.69 Å². The molecule has 4 aromatic rings. The second-order valence-corrected chi connectivity index (χ2v) is 8.43. The van der Waals surface area contributed by atoms with E-state index in [9.17, 15) is 9.90 Å². The molecule has 0 amide bonds. The Labute approximate surface area is 195 Å². The summed E-state index contributed by atoms with van der Waals surface area (Å²) >= 11 is 0. The molecule has 1 aromatic carbocycles. The first-order valence-corrected chi connectivity index (χ1v) is 11.6. The zero-order valence-electron chi connectivity index (χ0n) is 19.2. The first-order chi connectivity index (χ1) is 16.5. The van der Waals surface area contributed by atoms with E-state index in [1.54, 1.807) is 16.8 Å². The van der Waals surface area contributed by atoms with Gasteiger partial charge in [0.05, 0.1) is 12.2 Å². The van der Waals surface area contributed by atoms with E-state index in [1.807, 2.05) is 18.2 Å². The van der Waals surface area contributed by atoms with Crippen LogP contribution in [0, 0.1) is 0 Å². The van der Waals surface area contributed by atoms with Crippen molar-refractivity contribution in [3.8, 4) is 5.88 Å². The molecule has 1 aliphatic carbocycles. The van der Waals surface area contributed by atoms with Crippen molar-refractivity contribution in [2.75, 3.05) is 23.3 Å². The van der Waals surface area contributed by atoms with Crippen LogP contribution in [0.15, 0.2) is 46.3 Å². The number of rotatable bonds is 8. The molecule has 0 radical (unpaired) electrons. The van der Waals surface area contributed by atoms with Gasteiger partial charge in [-0.2, -0.15) is 9.61 Å². The van der Waals surface area contributed by atoms with Gasteiger partial charge in [0.2, 0.25) is 5.88 Å². The van der Waals surface area contributed by atoms with Crippen LogP contribution in [0.4, 0.5) is 17.2 Å². The van der Waals surface area contributed by atoms with Gasteiger partial charge in [0, 0.05) is 35.7 Å². The third-order valence-corrected chi connectivity index (χ3v) is 5.76. The van der Waals surface area contributed by atoms with Gasteiger partial charge in [-0.05, 0) is 56.5 Å². The van der Waals surface area contributed by atoms with Crippen LogP contribution < -0.4 is 26.6 Å². The van der Waals surface area contributed by atoms with Crippen LogP contribution >= 0.6 is 0 Å². The number of benzene rings is 1. The maximum atomic E-state index is 11.5. The zero-order chi connectivity index (χ0) is 23.7. The molecule has 0 atom stereocenters. The molecule has 0 aliphatic heterocycles. The summed E-state index contributed by atoms with van der Waals surface area (Å²) in [6, 6.07) is 10.5. The number of H-pyrrole nitrogens is 2. The van der Waals surface area contributed by atoms with Gasteiger partial charge in [0.25, 0.3) is 0 Å². The van der Waals surface area contributed by atoms with E-state index in [-0.39, 0.29) is 11.6 Å². The molecule has 3 aromatic heterocycles. The van der Waals surface area contributed by atoms with Crippen LogP contribution in [0.3, 0.4) is 0 Å². The van der Waals surface area contributed by atoms with Crippen LogP contribution in [-0.4, -0.2) is 48.8 Å². The Morgan fingerprint density at radius 3 is 2.71 bits per heavy atom. The number of aromatic amines is 2. The van der Waals surface area contributed by atoms with Crippen molar-refractivity contribution in [3.05, 3.63) is 63.4 Å². The summed E-state index contributed by atoms with van der Waals surface area (Å²) in [6.45, 7) is 6.33. The maximum absolute atomic E-state index is 11.5. The number of nitrogens with one attached hydrogen (secondary N) is 3. The Kier molecular flexibility index (Phi) is 5.79. The third-order valence-electron chi connectivity index (χ3n) is 5.76. The first-order valence-electron chi connectivity index (χ1n) is 11.6. The van der Waals surface area contributed by atoms with Crippen molar-refractivity contribution in [2.24, 2.45) is 4.99 Å². The fourth-order valence-corrected chi connectivity index (χ4v) is 3.90. The van der Waals surface area contributed by atoms with E-state index in [0.717, 1.165) is 38.0 Å². The molecule has 0 spiro atoms. The predicted octanol–water partition coefficient (Wildman–Crippen LogP) is 2.04. The van der Waals surface area contributed by atoms with Crippen molar-refractivity contribution >= 4 is 28.9 Å². The average molecular weight is 461 g/mol. The SMILES string of the molecule is CCCN(CC)c1ccc(Nc2cc(=NC3CC3)n3nc/c(=C/c4[nH]c(=O)[nH]c4O)c3n2)cc1. The third kappa shape index (κ3) is 4.52. The lowest BCUT2D eigenvalue weighted by molar-refractivity contribution is 0.454. The lowest BCUT2D eigenvalue weighted by atomic mass is 10.2. The van der Waals surface area contributed by atoms with Crippen molar-refractivity contribution in [1.29, 1.82) is 0 Å². The summed E-state index contributed by atoms with van der Waals surface area (Å²) in [4.78, 5) is 28.3. The van der Waals surface area contributed by atoms with Gasteiger partial charge in [0.15, 0.2) is 11.1 Å². The minimum Gasteiger partial charge on any atom is -0.493 e. The molecular weight excluding hydrogens is 432 g/mol. The number of fused-ring (bicyclic) bond motifs is 1. The van der Waals surface area contributed by atoms with Crippen LogP contribution in [0.5, 0.6) is 5.88 Å². The highest BCUT2D eigenvalue weighted by molar-refractivity contribution is 5.63. The lowest BCUT2D eigenvalue weighted by Gasteiger charge is -2.22. The average Bonchev–Trinajstić information content (AvgIpc) is 3.46. The molecule has 34 heavy (non-hydrogen) atoms. The Hall–Kier alpha value is -4.08. The minimum absolute atomic E-state index is 0.231. The van der Waals surface area contributed by atoms with Gasteiger partial charge >= 0.3 is 5.69 Å². The first kappa shape index (κ1) is 21.7. The van der Waals surface area contributed by atoms with Gasteiger partial charge < -0.3 is 20.3 Å². The summed E-state index contributed by atoms with van der Waals surface area (Å²) in [7, 11) is 0. The largest absolute Gasteiger partial charge is 0.493 e. The number of aromatic nitrogens is 5. The normalized spacial score (nSPS) is 14.8.